The highest BCUT2D eigenvalue weighted by Gasteiger charge is 2.45. The normalized spacial score (nSPS) is 28.3. The molecule has 5 rings (SSSR count). The number of piperidine rings is 2. The number of likely N-dealkylation sites (N-methyl/N-ethyl adjacent to an activating group) is 6. The second-order valence-corrected chi connectivity index (χ2v) is 32.2. The number of carbonyl (C=O) groups is 12. The molecule has 5 fully saturated rings. The summed E-state index contributed by atoms with van der Waals surface area (Å²) in [7, 11) is 8.59. The highest BCUT2D eigenvalue weighted by molar-refractivity contribution is 6.00. The second-order valence-electron chi connectivity index (χ2n) is 32.2. The van der Waals surface area contributed by atoms with Crippen molar-refractivity contribution in [3.63, 3.8) is 0 Å². The number of aliphatic hydroxyl groups excluding tert-OH is 1. The van der Waals surface area contributed by atoms with Crippen molar-refractivity contribution in [2.24, 2.45) is 29.6 Å². The highest BCUT2D eigenvalue weighted by Crippen LogP contribution is 2.33. The van der Waals surface area contributed by atoms with Crippen LogP contribution in [0.1, 0.15) is 223 Å². The van der Waals surface area contributed by atoms with Crippen LogP contribution in [-0.2, 0) is 57.5 Å². The van der Waals surface area contributed by atoms with Gasteiger partial charge in [-0.15, -0.1) is 0 Å². The van der Waals surface area contributed by atoms with Gasteiger partial charge in [-0.2, -0.15) is 0 Å². The Hall–Kier alpha value is -6.58. The van der Waals surface area contributed by atoms with E-state index in [0.29, 0.717) is 38.8 Å². The van der Waals surface area contributed by atoms with Crippen LogP contribution in [0.3, 0.4) is 0 Å². The molecule has 5 N–H and O–H groups in total. The van der Waals surface area contributed by atoms with Gasteiger partial charge in [0.1, 0.15) is 60.4 Å². The lowest BCUT2D eigenvalue weighted by molar-refractivity contribution is -0.152. The number of hydrogen-bond donors (Lipinski definition) is 5. The zero-order valence-electron chi connectivity index (χ0n) is 65.8. The van der Waals surface area contributed by atoms with Gasteiger partial charge in [-0.3, -0.25) is 62.4 Å². The van der Waals surface area contributed by atoms with E-state index in [4.69, 9.17) is 0 Å². The molecule has 0 aromatic rings. The predicted molar refractivity (Wildman–Crippen MR) is 393 cm³/mol. The van der Waals surface area contributed by atoms with Gasteiger partial charge in [0.25, 0.3) is 5.92 Å². The average molecular weight is 1470 g/mol. The molecule has 26 nitrogen and oxygen atoms in total. The first-order valence-corrected chi connectivity index (χ1v) is 39.0. The molecule has 11 atom stereocenters. The summed E-state index contributed by atoms with van der Waals surface area (Å²) in [4.78, 5) is 192. The molecular formula is C76H131F2N13O13. The molecule has 104 heavy (non-hydrogen) atoms. The number of rotatable bonds is 18. The number of halogens is 2. The van der Waals surface area contributed by atoms with E-state index >= 15 is 28.8 Å². The molecule has 0 spiro atoms. The first-order chi connectivity index (χ1) is 48.9. The summed E-state index contributed by atoms with van der Waals surface area (Å²) in [6.45, 7) is 16.7. The number of amides is 12. The minimum absolute atomic E-state index is 0.0108. The van der Waals surface area contributed by atoms with E-state index in [9.17, 15) is 42.7 Å². The zero-order valence-corrected chi connectivity index (χ0v) is 65.8. The third-order valence-electron chi connectivity index (χ3n) is 22.4. The lowest BCUT2D eigenvalue weighted by Crippen LogP contribution is -2.62. The monoisotopic (exact) mass is 1470 g/mol. The van der Waals surface area contributed by atoms with E-state index in [1.54, 1.807) is 0 Å². The maximum atomic E-state index is 15.5. The molecule has 0 aromatic carbocycles. The van der Waals surface area contributed by atoms with Crippen LogP contribution < -0.4 is 21.3 Å². The Morgan fingerprint density at radius 3 is 1.49 bits per heavy atom. The summed E-state index contributed by atoms with van der Waals surface area (Å²) in [6, 6.07) is -13.3. The Morgan fingerprint density at radius 1 is 0.500 bits per heavy atom. The van der Waals surface area contributed by atoms with Gasteiger partial charge in [0, 0.05) is 74.9 Å². The minimum atomic E-state index is -3.03. The van der Waals surface area contributed by atoms with Crippen LogP contribution in [0.4, 0.5) is 8.78 Å². The van der Waals surface area contributed by atoms with Crippen LogP contribution >= 0.6 is 0 Å². The highest BCUT2D eigenvalue weighted by atomic mass is 19.3. The van der Waals surface area contributed by atoms with Crippen molar-refractivity contribution >= 4 is 70.9 Å². The Kier molecular flexibility index (Phi) is 35.1. The number of nitrogens with zero attached hydrogens (tertiary/aromatic N) is 9. The molecule has 28 heteroatoms. The maximum Gasteiger partial charge on any atom is 0.260 e. The lowest BCUT2D eigenvalue weighted by atomic mass is 9.83. The fraction of sp³-hybridized carbons (Fsp3) is 0.842. The topological polar surface area (TPSA) is 302 Å². The van der Waals surface area contributed by atoms with Crippen LogP contribution in [0.2, 0.25) is 0 Å². The molecule has 0 bridgehead atoms. The molecule has 592 valence electrons. The smallest absolute Gasteiger partial charge is 0.260 e. The molecular weight excluding hydrogens is 1340 g/mol. The van der Waals surface area contributed by atoms with Crippen LogP contribution in [0.25, 0.3) is 0 Å². The minimum Gasteiger partial charge on any atom is -0.391 e. The first kappa shape index (κ1) is 88.1. The van der Waals surface area contributed by atoms with Gasteiger partial charge >= 0.3 is 0 Å². The predicted octanol–water partition coefficient (Wildman–Crippen LogP) is 5.55. The zero-order chi connectivity index (χ0) is 77.6. The maximum absolute atomic E-state index is 15.5. The van der Waals surface area contributed by atoms with Crippen molar-refractivity contribution in [3.8, 4) is 0 Å². The summed E-state index contributed by atoms with van der Waals surface area (Å²) < 4.78 is 29.9. The van der Waals surface area contributed by atoms with Gasteiger partial charge in [-0.05, 0) is 128 Å². The molecule has 3 saturated heterocycles. The number of carbonyl (C=O) groups excluding carboxylic acids is 12. The number of alkyl halides is 2. The van der Waals surface area contributed by atoms with E-state index in [-0.39, 0.29) is 101 Å². The summed E-state index contributed by atoms with van der Waals surface area (Å²) in [5.41, 5.74) is 0. The Morgan fingerprint density at radius 2 is 0.971 bits per heavy atom. The standard InChI is InChI=1S/C76H131F2N13O13/c1-17-18-36-91-46-64(94)85(13)59(33-39-89-35-28-34-76(77,78)47-89)68(97)81-58(72(101)90-37-26-21-27-38-90)45-63(93)83(11)51(8)66(95)79-56(40-48(2)3)70(99)87(15)61(42-50(6)7)74(103)86(14)60(43-54-29-22-19-23-30-54)69(98)80-57(41-49(4)5)71(100)88(16)62(44-55-31-24-20-25-32-55)73(102)84(12)52(9)67(96)82-65(53(10)92)75(91)104/h48-62,65,92H,17-47H2,1-16H3,(H,79,95)(H,80,98)(H,81,97)(H,82,96)/t51-,52-,53+,56-,57-,58-,59-,60-,61-,62-,65-/m0/s1. The summed E-state index contributed by atoms with van der Waals surface area (Å²) in [6.07, 6.45) is 9.98. The van der Waals surface area contributed by atoms with Crippen molar-refractivity contribution in [3.05, 3.63) is 0 Å². The SMILES string of the molecule is CCCCN1CC(=O)N(C)[C@@H](CCN2CCCC(F)(F)C2)C(=O)N[C@H](C(=O)N2CCCCC2)CC(=O)N(C)[C@@H](C)C(=O)N[C@@H](CC(C)C)C(=O)N(C)[C@@H](CC(C)C)C(=O)N(C)[C@@H](CC2CCCCC2)C(=O)N[C@@H](CC(C)C)C(=O)N(C)[C@@H](CC2CCCCC2)C(=O)N(C)[C@@H](C)C(=O)N[C@@H]([C@@H](C)O)C1=O. The summed E-state index contributed by atoms with van der Waals surface area (Å²) in [5, 5.41) is 22.8. The number of likely N-dealkylation sites (tertiary alicyclic amines) is 2. The number of nitrogens with one attached hydrogen (secondary N) is 4. The Balaban J connectivity index is 1.68. The quantitative estimate of drug-likeness (QED) is 0.112. The molecule has 0 unspecified atom stereocenters. The van der Waals surface area contributed by atoms with Crippen LogP contribution in [0.5, 0.6) is 0 Å². The van der Waals surface area contributed by atoms with Crippen LogP contribution in [0.15, 0.2) is 0 Å². The van der Waals surface area contributed by atoms with Crippen molar-refractivity contribution in [2.45, 2.75) is 296 Å². The second kappa shape index (κ2) is 41.5. The van der Waals surface area contributed by atoms with Crippen molar-refractivity contribution in [1.29, 1.82) is 0 Å². The lowest BCUT2D eigenvalue weighted by Gasteiger charge is -2.39. The van der Waals surface area contributed by atoms with Crippen LogP contribution in [0, 0.1) is 29.6 Å². The van der Waals surface area contributed by atoms with Gasteiger partial charge in [0.15, 0.2) is 0 Å². The average Bonchev–Trinajstić information content (AvgIpc) is 0.817. The van der Waals surface area contributed by atoms with Crippen molar-refractivity contribution in [2.75, 3.05) is 88.1 Å². The fourth-order valence-electron chi connectivity index (χ4n) is 15.4. The number of aliphatic hydroxyl groups is 1. The van der Waals surface area contributed by atoms with Crippen LogP contribution in [-0.4, -0.2) is 281 Å². The third kappa shape index (κ3) is 25.6. The van der Waals surface area contributed by atoms with Gasteiger partial charge in [0.05, 0.1) is 25.6 Å². The molecule has 0 radical (unpaired) electrons. The van der Waals surface area contributed by atoms with Gasteiger partial charge in [0.2, 0.25) is 70.9 Å². The van der Waals surface area contributed by atoms with E-state index in [0.717, 1.165) is 85.3 Å². The summed E-state index contributed by atoms with van der Waals surface area (Å²) in [5.74, 6) is -12.0. The van der Waals surface area contributed by atoms with Gasteiger partial charge < -0.3 is 65.6 Å². The number of hydrogen-bond acceptors (Lipinski definition) is 14. The Labute approximate surface area is 618 Å². The molecule has 3 aliphatic heterocycles. The largest absolute Gasteiger partial charge is 0.391 e. The fourth-order valence-corrected chi connectivity index (χ4v) is 15.4. The molecule has 2 saturated carbocycles. The first-order valence-electron chi connectivity index (χ1n) is 39.0. The number of unbranched alkanes of at least 4 members (excludes halogenated alkanes) is 1. The van der Waals surface area contributed by atoms with Gasteiger partial charge in [-0.1, -0.05) is 119 Å². The molecule has 2 aliphatic carbocycles. The van der Waals surface area contributed by atoms with Gasteiger partial charge in [-0.25, -0.2) is 8.78 Å². The van der Waals surface area contributed by atoms with Crippen molar-refractivity contribution < 1.29 is 71.4 Å². The van der Waals surface area contributed by atoms with E-state index in [1.807, 2.05) is 48.5 Å². The van der Waals surface area contributed by atoms with E-state index in [1.165, 1.54) is 92.5 Å². The summed E-state index contributed by atoms with van der Waals surface area (Å²) >= 11 is 0. The molecule has 0 aromatic heterocycles. The molecule has 5 aliphatic rings. The third-order valence-corrected chi connectivity index (χ3v) is 22.4. The molecule has 12 amide bonds. The van der Waals surface area contributed by atoms with E-state index < -0.39 is 163 Å². The molecule has 3 heterocycles. The van der Waals surface area contributed by atoms with Crippen molar-refractivity contribution in [1.82, 2.24) is 65.4 Å². The Bertz CT molecular complexity index is 2890. The van der Waals surface area contributed by atoms with E-state index in [2.05, 4.69) is 21.3 Å².